The summed E-state index contributed by atoms with van der Waals surface area (Å²) in [6.07, 6.45) is 0. The van der Waals surface area contributed by atoms with E-state index in [1.54, 1.807) is 0 Å². The molecule has 0 saturated heterocycles. The summed E-state index contributed by atoms with van der Waals surface area (Å²) in [4.78, 5) is 0. The summed E-state index contributed by atoms with van der Waals surface area (Å²) in [6, 6.07) is 0. The first-order chi connectivity index (χ1) is 2.27. The van der Waals surface area contributed by atoms with Crippen LogP contribution in [0.4, 0.5) is 0 Å². The Labute approximate surface area is 40.6 Å². The number of hydrogen-bond donors (Lipinski definition) is 0. The van der Waals surface area contributed by atoms with Gasteiger partial charge in [0.25, 0.3) is 0 Å². The van der Waals surface area contributed by atoms with Crippen LogP contribution >= 0.6 is 8.20 Å². The Balaban J connectivity index is 3.14. The minimum atomic E-state index is 1.09. The highest BCUT2D eigenvalue weighted by Crippen LogP contribution is 1.80. The number of hydrogen-bond acceptors (Lipinski definition) is 0. The summed E-state index contributed by atoms with van der Waals surface area (Å²) in [5.74, 6) is 0. The van der Waals surface area contributed by atoms with Gasteiger partial charge in [0.15, 0.2) is 0 Å². The van der Waals surface area contributed by atoms with E-state index < -0.39 is 0 Å². The van der Waals surface area contributed by atoms with Crippen molar-refractivity contribution in [1.29, 1.82) is 0 Å². The molecule has 0 aliphatic heterocycles. The van der Waals surface area contributed by atoms with Crippen molar-refractivity contribution < 1.29 is 0 Å². The molecule has 0 fully saturated rings. The molecule has 0 rings (SSSR count). The van der Waals surface area contributed by atoms with E-state index in [1.807, 2.05) is 6.66 Å². The second kappa shape index (κ2) is 2.82. The highest BCUT2D eigenvalue weighted by molar-refractivity contribution is 7.50. The normalized spacial score (nSPS) is 8.60. The molecule has 0 aliphatic rings. The van der Waals surface area contributed by atoms with Crippen molar-refractivity contribution in [3.8, 4) is 0 Å². The molecule has 0 bridgehead atoms. The SMILES string of the molecule is CP=C([Si])[Si]. The van der Waals surface area contributed by atoms with Crippen LogP contribution < -0.4 is 0 Å². The third-order valence-electron chi connectivity index (χ3n) is 0.224. The minimum Gasteiger partial charge on any atom is -0.119 e. The third-order valence-corrected chi connectivity index (χ3v) is 2.01. The van der Waals surface area contributed by atoms with Gasteiger partial charge in [0.2, 0.25) is 0 Å². The van der Waals surface area contributed by atoms with Gasteiger partial charge in [0.1, 0.15) is 0 Å². The van der Waals surface area contributed by atoms with Gasteiger partial charge in [-0.25, -0.2) is 0 Å². The summed E-state index contributed by atoms with van der Waals surface area (Å²) in [5.41, 5.74) is 0. The third kappa shape index (κ3) is 4.60. The maximum Gasteiger partial charge on any atom is 0.0642 e. The molecule has 0 heterocycles. The molecule has 0 spiro atoms. The lowest BCUT2D eigenvalue weighted by Crippen LogP contribution is -1.86. The molecule has 5 heavy (non-hydrogen) atoms. The zero-order valence-corrected chi connectivity index (χ0v) is 5.84. The van der Waals surface area contributed by atoms with Crippen LogP contribution in [0.2, 0.25) is 0 Å². The van der Waals surface area contributed by atoms with Crippen molar-refractivity contribution in [2.75, 3.05) is 6.66 Å². The lowest BCUT2D eigenvalue weighted by Gasteiger charge is -1.71. The van der Waals surface area contributed by atoms with Crippen LogP contribution in [-0.4, -0.2) is 31.7 Å². The highest BCUT2D eigenvalue weighted by atomic mass is 31.1. The predicted octanol–water partition coefficient (Wildman–Crippen LogP) is -0.0132. The maximum atomic E-state index is 3.23. The van der Waals surface area contributed by atoms with Crippen molar-refractivity contribution in [3.63, 3.8) is 0 Å². The molecule has 0 amide bonds. The molecule has 0 aromatic rings. The monoisotopic (exact) mass is 114 g/mol. The average Bonchev–Trinajstić information content (AvgIpc) is 1.38. The van der Waals surface area contributed by atoms with Crippen LogP contribution in [0.5, 0.6) is 0 Å². The van der Waals surface area contributed by atoms with Gasteiger partial charge in [-0.3, -0.25) is 0 Å². The van der Waals surface area contributed by atoms with Gasteiger partial charge in [-0.2, -0.15) is 0 Å². The van der Waals surface area contributed by atoms with Crippen LogP contribution in [-0.2, 0) is 0 Å². The molecule has 0 nitrogen and oxygen atoms in total. The van der Waals surface area contributed by atoms with E-state index in [-0.39, 0.29) is 0 Å². The van der Waals surface area contributed by atoms with Gasteiger partial charge in [-0.05, 0) is 6.66 Å². The first kappa shape index (κ1) is 5.60. The first-order valence-corrected chi connectivity index (χ1v) is 3.51. The van der Waals surface area contributed by atoms with Gasteiger partial charge < -0.3 is 0 Å². The van der Waals surface area contributed by atoms with E-state index in [9.17, 15) is 0 Å². The number of rotatable bonds is 0. The van der Waals surface area contributed by atoms with E-state index >= 15 is 0 Å². The lowest BCUT2D eigenvalue weighted by atomic mass is 11.8. The quantitative estimate of drug-likeness (QED) is 0.307. The Morgan fingerprint density at radius 1 is 1.60 bits per heavy atom. The maximum absolute atomic E-state index is 3.23. The summed E-state index contributed by atoms with van der Waals surface area (Å²) in [6.45, 7) is 2.04. The van der Waals surface area contributed by atoms with Gasteiger partial charge in [0, 0.05) is 0 Å². The van der Waals surface area contributed by atoms with E-state index in [1.165, 1.54) is 8.20 Å². The van der Waals surface area contributed by atoms with Crippen molar-refractivity contribution in [3.05, 3.63) is 0 Å². The lowest BCUT2D eigenvalue weighted by molar-refractivity contribution is 2.51. The molecule has 0 aliphatic carbocycles. The Kier molecular flexibility index (Phi) is 3.16. The summed E-state index contributed by atoms with van der Waals surface area (Å²) < 4.78 is 1.09. The largest absolute Gasteiger partial charge is 0.119 e. The van der Waals surface area contributed by atoms with E-state index in [2.05, 4.69) is 20.5 Å². The van der Waals surface area contributed by atoms with Crippen molar-refractivity contribution in [1.82, 2.24) is 0 Å². The topological polar surface area (TPSA) is 0 Å². The van der Waals surface area contributed by atoms with E-state index in [0.29, 0.717) is 0 Å². The zero-order chi connectivity index (χ0) is 4.28. The molecule has 0 aromatic carbocycles. The highest BCUT2D eigenvalue weighted by Gasteiger charge is 1.63. The Morgan fingerprint density at radius 2 is 1.80 bits per heavy atom. The van der Waals surface area contributed by atoms with Crippen LogP contribution in [0.3, 0.4) is 0 Å². The molecular formula is C2H3PSi2. The molecule has 0 atom stereocenters. The molecule has 24 valence electrons. The van der Waals surface area contributed by atoms with Crippen molar-refractivity contribution in [2.45, 2.75) is 0 Å². The molecule has 0 saturated carbocycles. The summed E-state index contributed by atoms with van der Waals surface area (Å²) in [5, 5.41) is 0. The molecule has 0 unspecified atom stereocenters. The fourth-order valence-corrected chi connectivity index (χ4v) is 0. The Hall–Kier alpha value is 0.604. The second-order valence-corrected chi connectivity index (χ2v) is 3.81. The first-order valence-electron chi connectivity index (χ1n) is 1.17. The molecule has 0 aromatic heterocycles. The summed E-state index contributed by atoms with van der Waals surface area (Å²) >= 11 is 0. The minimum absolute atomic E-state index is 1.09. The van der Waals surface area contributed by atoms with Crippen LogP contribution in [0, 0.1) is 0 Å². The smallest absolute Gasteiger partial charge is 0.0642 e. The van der Waals surface area contributed by atoms with Crippen molar-refractivity contribution >= 4 is 33.2 Å². The van der Waals surface area contributed by atoms with Crippen LogP contribution in [0.15, 0.2) is 0 Å². The fraction of sp³-hybridized carbons (Fsp3) is 0.500. The molecule has 3 heteroatoms. The van der Waals surface area contributed by atoms with Gasteiger partial charge in [0.05, 0.1) is 20.5 Å². The van der Waals surface area contributed by atoms with Crippen LogP contribution in [0.25, 0.3) is 0 Å². The average molecular weight is 114 g/mol. The van der Waals surface area contributed by atoms with Crippen LogP contribution in [0.1, 0.15) is 0 Å². The van der Waals surface area contributed by atoms with Gasteiger partial charge >= 0.3 is 0 Å². The second-order valence-electron chi connectivity index (χ2n) is 0.572. The molecule has 0 N–H and O–H groups in total. The van der Waals surface area contributed by atoms with E-state index in [4.69, 9.17) is 0 Å². The van der Waals surface area contributed by atoms with E-state index in [0.717, 1.165) is 4.54 Å². The molecule has 6 radical (unpaired) electrons. The predicted molar refractivity (Wildman–Crippen MR) is 29.4 cm³/mol. The van der Waals surface area contributed by atoms with Gasteiger partial charge in [-0.15, -0.1) is 8.20 Å². The summed E-state index contributed by atoms with van der Waals surface area (Å²) in [7, 11) is 7.71. The standard InChI is InChI=1S/C2H3PSi2/c1-3-2(4)5/h1H3. The van der Waals surface area contributed by atoms with Crippen molar-refractivity contribution in [2.24, 2.45) is 0 Å². The van der Waals surface area contributed by atoms with Gasteiger partial charge in [-0.1, -0.05) is 4.54 Å². The Morgan fingerprint density at radius 3 is 1.80 bits per heavy atom. The Bertz CT molecular complexity index is 45.6. The fourth-order valence-electron chi connectivity index (χ4n) is 0. The zero-order valence-electron chi connectivity index (χ0n) is 2.95. The molecular weight excluding hydrogens is 111 g/mol.